The molecule has 2 rings (SSSR count). The topological polar surface area (TPSA) is 51.8 Å². The van der Waals surface area contributed by atoms with E-state index in [4.69, 9.17) is 5.73 Å². The molecule has 0 saturated carbocycles. The summed E-state index contributed by atoms with van der Waals surface area (Å²) in [5.74, 6) is 0.793. The molecule has 0 aliphatic carbocycles. The highest BCUT2D eigenvalue weighted by Crippen LogP contribution is 2.17. The van der Waals surface area contributed by atoms with E-state index in [0.717, 1.165) is 35.6 Å². The van der Waals surface area contributed by atoms with Gasteiger partial charge < -0.3 is 5.73 Å². The molecule has 1 aromatic heterocycles. The molecular weight excluding hydrogens is 222 g/mol. The summed E-state index contributed by atoms with van der Waals surface area (Å²) in [6.45, 7) is 4.76. The maximum absolute atomic E-state index is 5.58. The van der Waals surface area contributed by atoms with Crippen molar-refractivity contribution >= 4 is 0 Å². The third kappa shape index (κ3) is 2.93. The van der Waals surface area contributed by atoms with Crippen molar-refractivity contribution in [3.8, 4) is 11.4 Å². The first-order valence-corrected chi connectivity index (χ1v) is 6.37. The van der Waals surface area contributed by atoms with Gasteiger partial charge in [-0.05, 0) is 31.5 Å². The van der Waals surface area contributed by atoms with Gasteiger partial charge in [-0.1, -0.05) is 31.2 Å². The molecule has 0 unspecified atom stereocenters. The van der Waals surface area contributed by atoms with Crippen molar-refractivity contribution in [2.75, 3.05) is 6.54 Å². The lowest BCUT2D eigenvalue weighted by molar-refractivity contribution is 0.904. The minimum absolute atomic E-state index is 0.616. The van der Waals surface area contributed by atoms with Gasteiger partial charge in [-0.25, -0.2) is 9.97 Å². The predicted molar refractivity (Wildman–Crippen MR) is 74.3 cm³/mol. The second kappa shape index (κ2) is 5.74. The molecule has 0 amide bonds. The summed E-state index contributed by atoms with van der Waals surface area (Å²) < 4.78 is 0. The molecular formula is C15H19N3. The second-order valence-electron chi connectivity index (χ2n) is 4.41. The summed E-state index contributed by atoms with van der Waals surface area (Å²) in [4.78, 5) is 9.05. The summed E-state index contributed by atoms with van der Waals surface area (Å²) in [6, 6.07) is 10.4. The van der Waals surface area contributed by atoms with Crippen LogP contribution in [-0.4, -0.2) is 16.5 Å². The molecule has 0 saturated heterocycles. The minimum Gasteiger partial charge on any atom is -0.330 e. The number of hydrogen-bond donors (Lipinski definition) is 1. The van der Waals surface area contributed by atoms with Crippen LogP contribution in [0.25, 0.3) is 11.4 Å². The highest BCUT2D eigenvalue weighted by molar-refractivity contribution is 5.55. The fraction of sp³-hybridized carbons (Fsp3) is 0.333. The van der Waals surface area contributed by atoms with Gasteiger partial charge in [-0.2, -0.15) is 0 Å². The Kier molecular flexibility index (Phi) is 4.05. The second-order valence-corrected chi connectivity index (χ2v) is 4.41. The van der Waals surface area contributed by atoms with E-state index in [1.165, 1.54) is 5.56 Å². The van der Waals surface area contributed by atoms with Gasteiger partial charge in [0.15, 0.2) is 5.82 Å². The average Bonchev–Trinajstić information content (AvgIpc) is 2.38. The van der Waals surface area contributed by atoms with Crippen molar-refractivity contribution in [1.29, 1.82) is 0 Å². The largest absolute Gasteiger partial charge is 0.330 e. The molecule has 18 heavy (non-hydrogen) atoms. The fourth-order valence-electron chi connectivity index (χ4n) is 1.93. The standard InChI is InChI=1S/C15H19N3/c1-3-12-4-6-13(7-5-12)15-17-11(2)10-14(18-15)8-9-16/h4-7,10H,3,8-9,16H2,1-2H3. The molecule has 0 spiro atoms. The van der Waals surface area contributed by atoms with E-state index < -0.39 is 0 Å². The first-order valence-electron chi connectivity index (χ1n) is 6.37. The van der Waals surface area contributed by atoms with Crippen LogP contribution in [0.5, 0.6) is 0 Å². The Balaban J connectivity index is 2.36. The van der Waals surface area contributed by atoms with E-state index in [0.29, 0.717) is 6.54 Å². The first-order chi connectivity index (χ1) is 8.72. The molecule has 0 fully saturated rings. The third-order valence-corrected chi connectivity index (χ3v) is 2.93. The molecule has 1 aromatic carbocycles. The summed E-state index contributed by atoms with van der Waals surface area (Å²) in [7, 11) is 0. The Labute approximate surface area is 108 Å². The SMILES string of the molecule is CCc1ccc(-c2nc(C)cc(CCN)n2)cc1. The van der Waals surface area contributed by atoms with Gasteiger partial charge >= 0.3 is 0 Å². The molecule has 3 heteroatoms. The summed E-state index contributed by atoms with van der Waals surface area (Å²) in [5.41, 5.74) is 9.97. The van der Waals surface area contributed by atoms with Crippen molar-refractivity contribution in [3.05, 3.63) is 47.3 Å². The summed E-state index contributed by atoms with van der Waals surface area (Å²) in [5, 5.41) is 0. The van der Waals surface area contributed by atoms with Crippen LogP contribution in [0, 0.1) is 6.92 Å². The van der Waals surface area contributed by atoms with Crippen molar-refractivity contribution in [3.63, 3.8) is 0 Å². The minimum atomic E-state index is 0.616. The van der Waals surface area contributed by atoms with E-state index >= 15 is 0 Å². The zero-order chi connectivity index (χ0) is 13.0. The number of nitrogens with zero attached hydrogens (tertiary/aromatic N) is 2. The molecule has 94 valence electrons. The van der Waals surface area contributed by atoms with Gasteiger partial charge in [0.05, 0.1) is 0 Å². The number of aryl methyl sites for hydroxylation is 2. The molecule has 0 bridgehead atoms. The van der Waals surface area contributed by atoms with Crippen molar-refractivity contribution in [2.24, 2.45) is 5.73 Å². The lowest BCUT2D eigenvalue weighted by Crippen LogP contribution is -2.06. The number of rotatable bonds is 4. The predicted octanol–water partition coefficient (Wildman–Crippen LogP) is 2.52. The Hall–Kier alpha value is -1.74. The summed E-state index contributed by atoms with van der Waals surface area (Å²) in [6.07, 6.45) is 1.84. The molecule has 3 nitrogen and oxygen atoms in total. The van der Waals surface area contributed by atoms with Crippen LogP contribution in [0.3, 0.4) is 0 Å². The number of benzene rings is 1. The average molecular weight is 241 g/mol. The Morgan fingerprint density at radius 2 is 1.83 bits per heavy atom. The van der Waals surface area contributed by atoms with E-state index in [2.05, 4.69) is 41.2 Å². The van der Waals surface area contributed by atoms with Crippen LogP contribution in [-0.2, 0) is 12.8 Å². The Morgan fingerprint density at radius 3 is 2.44 bits per heavy atom. The zero-order valence-electron chi connectivity index (χ0n) is 11.0. The van der Waals surface area contributed by atoms with Gasteiger partial charge in [-0.15, -0.1) is 0 Å². The quantitative estimate of drug-likeness (QED) is 0.894. The molecule has 2 N–H and O–H groups in total. The normalized spacial score (nSPS) is 10.6. The molecule has 0 aliphatic rings. The van der Waals surface area contributed by atoms with Crippen molar-refractivity contribution in [2.45, 2.75) is 26.7 Å². The molecule has 2 aromatic rings. The number of aromatic nitrogens is 2. The highest BCUT2D eigenvalue weighted by atomic mass is 14.9. The van der Waals surface area contributed by atoms with E-state index in [1.54, 1.807) is 0 Å². The van der Waals surface area contributed by atoms with Gasteiger partial charge in [0.2, 0.25) is 0 Å². The fourth-order valence-corrected chi connectivity index (χ4v) is 1.93. The van der Waals surface area contributed by atoms with Crippen LogP contribution >= 0.6 is 0 Å². The van der Waals surface area contributed by atoms with Gasteiger partial charge in [0.1, 0.15) is 0 Å². The monoisotopic (exact) mass is 241 g/mol. The van der Waals surface area contributed by atoms with Crippen LogP contribution in [0.1, 0.15) is 23.9 Å². The molecule has 0 radical (unpaired) electrons. The molecule has 1 heterocycles. The van der Waals surface area contributed by atoms with Gasteiger partial charge in [-0.3, -0.25) is 0 Å². The van der Waals surface area contributed by atoms with Gasteiger partial charge in [0.25, 0.3) is 0 Å². The van der Waals surface area contributed by atoms with E-state index in [-0.39, 0.29) is 0 Å². The lowest BCUT2D eigenvalue weighted by Gasteiger charge is -2.06. The molecule has 0 aliphatic heterocycles. The third-order valence-electron chi connectivity index (χ3n) is 2.93. The zero-order valence-corrected chi connectivity index (χ0v) is 11.0. The van der Waals surface area contributed by atoms with Crippen LogP contribution in [0.15, 0.2) is 30.3 Å². The van der Waals surface area contributed by atoms with Crippen LogP contribution in [0.2, 0.25) is 0 Å². The van der Waals surface area contributed by atoms with Crippen LogP contribution in [0.4, 0.5) is 0 Å². The summed E-state index contributed by atoms with van der Waals surface area (Å²) >= 11 is 0. The Bertz CT molecular complexity index is 518. The highest BCUT2D eigenvalue weighted by Gasteiger charge is 2.04. The van der Waals surface area contributed by atoms with E-state index in [1.807, 2.05) is 13.0 Å². The van der Waals surface area contributed by atoms with Crippen molar-refractivity contribution < 1.29 is 0 Å². The van der Waals surface area contributed by atoms with Crippen LogP contribution < -0.4 is 5.73 Å². The van der Waals surface area contributed by atoms with Gasteiger partial charge in [0, 0.05) is 23.4 Å². The smallest absolute Gasteiger partial charge is 0.159 e. The lowest BCUT2D eigenvalue weighted by atomic mass is 10.1. The van der Waals surface area contributed by atoms with Crippen molar-refractivity contribution in [1.82, 2.24) is 9.97 Å². The Morgan fingerprint density at radius 1 is 1.11 bits per heavy atom. The number of hydrogen-bond acceptors (Lipinski definition) is 3. The maximum Gasteiger partial charge on any atom is 0.159 e. The number of nitrogens with two attached hydrogens (primary N) is 1. The van der Waals surface area contributed by atoms with E-state index in [9.17, 15) is 0 Å². The maximum atomic E-state index is 5.58. The molecule has 0 atom stereocenters. The first kappa shape index (κ1) is 12.7.